The van der Waals surface area contributed by atoms with Gasteiger partial charge in [0.25, 0.3) is 5.91 Å². The molecule has 2 aromatic heterocycles. The Morgan fingerprint density at radius 3 is 2.23 bits per heavy atom. The van der Waals surface area contributed by atoms with Gasteiger partial charge in [-0.15, -0.1) is 0 Å². The summed E-state index contributed by atoms with van der Waals surface area (Å²) in [6.07, 6.45) is 2.37. The lowest BCUT2D eigenvalue weighted by atomic mass is 9.86. The zero-order valence-corrected chi connectivity index (χ0v) is 19.3. The van der Waals surface area contributed by atoms with E-state index in [-0.39, 0.29) is 34.3 Å². The fraction of sp³-hybridized carbons (Fsp3) is 0.179. The highest BCUT2D eigenvalue weighted by molar-refractivity contribution is 6.32. The molecule has 2 aromatic carbocycles. The van der Waals surface area contributed by atoms with Crippen molar-refractivity contribution in [3.05, 3.63) is 99.9 Å². The number of pyridine rings is 1. The second kappa shape index (κ2) is 7.84. The van der Waals surface area contributed by atoms with Gasteiger partial charge in [-0.1, -0.05) is 30.3 Å². The van der Waals surface area contributed by atoms with E-state index in [9.17, 15) is 14.4 Å². The van der Waals surface area contributed by atoms with Gasteiger partial charge in [0.15, 0.2) is 17.3 Å². The number of carbonyl (C=O) groups excluding carboxylic acids is 3. The number of fused-ring (bicyclic) bond motifs is 5. The van der Waals surface area contributed by atoms with Crippen LogP contribution in [0.15, 0.2) is 60.8 Å². The van der Waals surface area contributed by atoms with E-state index >= 15 is 0 Å². The lowest BCUT2D eigenvalue weighted by Gasteiger charge is -2.30. The Bertz CT molecular complexity index is 1570. The third kappa shape index (κ3) is 3.01. The zero-order valence-electron chi connectivity index (χ0n) is 19.3. The van der Waals surface area contributed by atoms with Crippen LogP contribution in [0.1, 0.15) is 53.5 Å². The molecule has 3 heterocycles. The number of benzene rings is 2. The Balaban J connectivity index is 1.48. The number of rotatable bonds is 3. The van der Waals surface area contributed by atoms with Crippen molar-refractivity contribution in [2.75, 3.05) is 20.8 Å². The fourth-order valence-electron chi connectivity index (χ4n) is 5.23. The van der Waals surface area contributed by atoms with Crippen LogP contribution in [0, 0.1) is 0 Å². The van der Waals surface area contributed by atoms with Crippen molar-refractivity contribution in [1.82, 2.24) is 9.30 Å². The predicted octanol–water partition coefficient (Wildman–Crippen LogP) is 3.93. The molecular formula is C28H22N2O5. The van der Waals surface area contributed by atoms with E-state index < -0.39 is 0 Å². The first-order valence-electron chi connectivity index (χ1n) is 11.4. The quantitative estimate of drug-likeness (QED) is 0.403. The van der Waals surface area contributed by atoms with Crippen LogP contribution in [0.5, 0.6) is 11.5 Å². The lowest BCUT2D eigenvalue weighted by Crippen LogP contribution is -2.37. The molecule has 7 heteroatoms. The first kappa shape index (κ1) is 21.2. The summed E-state index contributed by atoms with van der Waals surface area (Å²) in [6, 6.07) is 16.0. The van der Waals surface area contributed by atoms with Gasteiger partial charge in [-0.3, -0.25) is 14.4 Å². The largest absolute Gasteiger partial charge is 0.493 e. The Hall–Kier alpha value is -4.39. The van der Waals surface area contributed by atoms with E-state index in [2.05, 4.69) is 0 Å². The van der Waals surface area contributed by atoms with Crippen LogP contribution in [0.4, 0.5) is 0 Å². The van der Waals surface area contributed by atoms with Gasteiger partial charge in [-0.2, -0.15) is 0 Å². The fourth-order valence-corrected chi connectivity index (χ4v) is 5.23. The Morgan fingerprint density at radius 2 is 1.51 bits per heavy atom. The second-order valence-corrected chi connectivity index (χ2v) is 8.71. The summed E-state index contributed by atoms with van der Waals surface area (Å²) in [5.74, 6) is 0.434. The number of amides is 1. The summed E-state index contributed by atoms with van der Waals surface area (Å²) in [4.78, 5) is 42.8. The highest BCUT2D eigenvalue weighted by Crippen LogP contribution is 2.37. The molecule has 2 aliphatic rings. The molecule has 0 N–H and O–H groups in total. The molecule has 35 heavy (non-hydrogen) atoms. The van der Waals surface area contributed by atoms with E-state index in [1.54, 1.807) is 66.1 Å². The molecule has 0 fully saturated rings. The summed E-state index contributed by atoms with van der Waals surface area (Å²) in [6.45, 7) is 0.852. The van der Waals surface area contributed by atoms with Gasteiger partial charge in [0.05, 0.1) is 30.9 Å². The Labute approximate surface area is 201 Å². The zero-order chi connectivity index (χ0) is 24.3. The molecule has 6 rings (SSSR count). The molecule has 0 bridgehead atoms. The summed E-state index contributed by atoms with van der Waals surface area (Å²) in [5, 5.41) is 0. The molecule has 4 aromatic rings. The van der Waals surface area contributed by atoms with E-state index in [0.29, 0.717) is 47.7 Å². The third-order valence-corrected chi connectivity index (χ3v) is 6.92. The maximum absolute atomic E-state index is 14.0. The third-order valence-electron chi connectivity index (χ3n) is 6.92. The van der Waals surface area contributed by atoms with Crippen molar-refractivity contribution in [3.8, 4) is 11.5 Å². The maximum atomic E-state index is 14.0. The molecule has 0 atom stereocenters. The van der Waals surface area contributed by atoms with Gasteiger partial charge >= 0.3 is 0 Å². The molecule has 1 aliphatic carbocycles. The standard InChI is InChI=1S/C28H22N2O5/c1-34-21-13-16-10-12-29(15-17(16)14-22(21)35-2)28(33)23-20-9-5-6-11-30(20)25-24(23)26(31)18-7-3-4-8-19(18)27(25)32/h3-9,11,13-14H,10,12,15H2,1-2H3. The maximum Gasteiger partial charge on any atom is 0.257 e. The lowest BCUT2D eigenvalue weighted by molar-refractivity contribution is 0.0732. The van der Waals surface area contributed by atoms with Gasteiger partial charge < -0.3 is 18.8 Å². The highest BCUT2D eigenvalue weighted by Gasteiger charge is 2.39. The molecule has 0 unspecified atom stereocenters. The number of aromatic nitrogens is 1. The van der Waals surface area contributed by atoms with E-state index in [0.717, 1.165) is 11.1 Å². The van der Waals surface area contributed by atoms with Gasteiger partial charge in [0, 0.05) is 30.4 Å². The normalized spacial score (nSPS) is 14.4. The van der Waals surface area contributed by atoms with Gasteiger partial charge in [0.1, 0.15) is 5.69 Å². The number of ketones is 2. The first-order chi connectivity index (χ1) is 17.0. The molecule has 7 nitrogen and oxygen atoms in total. The van der Waals surface area contributed by atoms with Crippen molar-refractivity contribution in [2.45, 2.75) is 13.0 Å². The van der Waals surface area contributed by atoms with Gasteiger partial charge in [0.2, 0.25) is 5.78 Å². The highest BCUT2D eigenvalue weighted by atomic mass is 16.5. The average Bonchev–Trinajstić information content (AvgIpc) is 3.25. The molecule has 0 radical (unpaired) electrons. The summed E-state index contributed by atoms with van der Waals surface area (Å²) >= 11 is 0. The van der Waals surface area contributed by atoms with Crippen LogP contribution in [-0.2, 0) is 13.0 Å². The minimum atomic E-state index is -0.300. The van der Waals surface area contributed by atoms with Crippen LogP contribution in [0.25, 0.3) is 5.52 Å². The molecule has 1 aliphatic heterocycles. The van der Waals surface area contributed by atoms with Crippen molar-refractivity contribution < 1.29 is 23.9 Å². The number of hydrogen-bond donors (Lipinski definition) is 0. The number of carbonyl (C=O) groups is 3. The SMILES string of the molecule is COc1cc2c(cc1OC)CN(C(=O)c1c3c(n4ccccc14)C(=O)c1ccccc1C3=O)CC2. The van der Waals surface area contributed by atoms with E-state index in [1.807, 2.05) is 18.2 Å². The minimum Gasteiger partial charge on any atom is -0.493 e. The first-order valence-corrected chi connectivity index (χ1v) is 11.4. The predicted molar refractivity (Wildman–Crippen MR) is 129 cm³/mol. The van der Waals surface area contributed by atoms with Crippen LogP contribution >= 0.6 is 0 Å². The number of methoxy groups -OCH3 is 2. The van der Waals surface area contributed by atoms with Crippen LogP contribution < -0.4 is 9.47 Å². The van der Waals surface area contributed by atoms with Crippen LogP contribution in [0.2, 0.25) is 0 Å². The average molecular weight is 466 g/mol. The summed E-state index contributed by atoms with van der Waals surface area (Å²) in [7, 11) is 3.18. The topological polar surface area (TPSA) is 77.3 Å². The Kier molecular flexibility index (Phi) is 4.74. The number of hydrogen-bond acceptors (Lipinski definition) is 5. The van der Waals surface area contributed by atoms with Gasteiger partial charge in [-0.05, 0) is 41.8 Å². The summed E-state index contributed by atoms with van der Waals surface area (Å²) < 4.78 is 12.5. The van der Waals surface area contributed by atoms with Crippen molar-refractivity contribution in [1.29, 1.82) is 0 Å². The Morgan fingerprint density at radius 1 is 0.857 bits per heavy atom. The van der Waals surface area contributed by atoms with Crippen LogP contribution in [-0.4, -0.2) is 47.5 Å². The van der Waals surface area contributed by atoms with E-state index in [1.165, 1.54) is 0 Å². The van der Waals surface area contributed by atoms with Crippen molar-refractivity contribution >= 4 is 23.0 Å². The molecule has 0 spiro atoms. The number of nitrogens with zero attached hydrogens (tertiary/aromatic N) is 2. The molecule has 0 saturated heterocycles. The smallest absolute Gasteiger partial charge is 0.257 e. The van der Waals surface area contributed by atoms with Crippen molar-refractivity contribution in [3.63, 3.8) is 0 Å². The summed E-state index contributed by atoms with van der Waals surface area (Å²) in [5.41, 5.74) is 4.01. The second-order valence-electron chi connectivity index (χ2n) is 8.71. The number of ether oxygens (including phenoxy) is 2. The van der Waals surface area contributed by atoms with Crippen LogP contribution in [0.3, 0.4) is 0 Å². The molecule has 0 saturated carbocycles. The molecule has 174 valence electrons. The monoisotopic (exact) mass is 466 g/mol. The van der Waals surface area contributed by atoms with Gasteiger partial charge in [-0.25, -0.2) is 0 Å². The molecular weight excluding hydrogens is 444 g/mol. The molecule has 1 amide bonds. The van der Waals surface area contributed by atoms with E-state index in [4.69, 9.17) is 9.47 Å². The minimum absolute atomic E-state index is 0.183. The van der Waals surface area contributed by atoms with Crippen molar-refractivity contribution in [2.24, 2.45) is 0 Å².